The molecule has 0 fully saturated rings. The highest BCUT2D eigenvalue weighted by Crippen LogP contribution is 2.40. The highest BCUT2D eigenvalue weighted by atomic mass is 16.6. The Morgan fingerprint density at radius 2 is 1.46 bits per heavy atom. The van der Waals surface area contributed by atoms with Crippen LogP contribution in [0, 0.1) is 10.1 Å². The average molecular weight is 482 g/mol. The fraction of sp³-hybridized carbons (Fsp3) is 0. The minimum Gasteiger partial charge on any atom is -0.436 e. The van der Waals surface area contributed by atoms with Crippen molar-refractivity contribution >= 4 is 38.6 Å². The summed E-state index contributed by atoms with van der Waals surface area (Å²) in [6, 6.07) is 36.8. The summed E-state index contributed by atoms with van der Waals surface area (Å²) in [4.78, 5) is 16.3. The van der Waals surface area contributed by atoms with Crippen LogP contribution in [-0.2, 0) is 0 Å². The summed E-state index contributed by atoms with van der Waals surface area (Å²) in [7, 11) is 0. The summed E-state index contributed by atoms with van der Waals surface area (Å²) in [6.07, 6.45) is 0. The highest BCUT2D eigenvalue weighted by molar-refractivity contribution is 6.20. The van der Waals surface area contributed by atoms with Crippen LogP contribution in [0.2, 0.25) is 0 Å². The first-order chi connectivity index (χ1) is 18.2. The lowest BCUT2D eigenvalue weighted by atomic mass is 10.0. The number of rotatable bonds is 4. The van der Waals surface area contributed by atoms with Crippen LogP contribution in [-0.4, -0.2) is 14.5 Å². The first-order valence-corrected chi connectivity index (χ1v) is 11.9. The molecule has 0 amide bonds. The number of nitro benzene ring substituents is 1. The number of nitro groups is 1. The number of para-hydroxylation sites is 2. The third-order valence-corrected chi connectivity index (χ3v) is 6.73. The number of hydrogen-bond donors (Lipinski definition) is 0. The molecule has 0 N–H and O–H groups in total. The van der Waals surface area contributed by atoms with Crippen LogP contribution < -0.4 is 0 Å². The number of nitrogens with zero attached hydrogens (tertiary/aromatic N) is 3. The third kappa shape index (κ3) is 3.31. The van der Waals surface area contributed by atoms with Gasteiger partial charge in [-0.3, -0.25) is 10.1 Å². The minimum atomic E-state index is -0.337. The normalized spacial score (nSPS) is 11.5. The van der Waals surface area contributed by atoms with Crippen molar-refractivity contribution < 1.29 is 9.34 Å². The van der Waals surface area contributed by atoms with Crippen LogP contribution in [0.4, 0.5) is 5.69 Å². The summed E-state index contributed by atoms with van der Waals surface area (Å²) in [6.45, 7) is 0. The van der Waals surface area contributed by atoms with Crippen LogP contribution in [0.1, 0.15) is 0 Å². The third-order valence-electron chi connectivity index (χ3n) is 6.73. The maximum absolute atomic E-state index is 11.7. The van der Waals surface area contributed by atoms with Crippen molar-refractivity contribution in [1.82, 2.24) is 9.55 Å². The van der Waals surface area contributed by atoms with E-state index < -0.39 is 0 Å². The fourth-order valence-electron chi connectivity index (χ4n) is 5.10. The fourth-order valence-corrected chi connectivity index (χ4v) is 5.10. The largest absolute Gasteiger partial charge is 0.436 e. The van der Waals surface area contributed by atoms with Crippen LogP contribution in [0.25, 0.3) is 61.2 Å². The standard InChI is InChI=1S/C31H19N3O3/c35-34(36)25-14-8-7-13-23(25)21-15-16-24-27(19-21)33(22-11-5-2-6-12-22)26-17-18-28-30(29(24)26)32-31(37-28)20-9-3-1-4-10-20/h1-19H. The van der Waals surface area contributed by atoms with Gasteiger partial charge in [-0.1, -0.05) is 60.7 Å². The van der Waals surface area contributed by atoms with Crippen molar-refractivity contribution in [3.63, 3.8) is 0 Å². The van der Waals surface area contributed by atoms with Gasteiger partial charge in [0.2, 0.25) is 5.89 Å². The van der Waals surface area contributed by atoms with Gasteiger partial charge in [-0.25, -0.2) is 4.98 Å². The summed E-state index contributed by atoms with van der Waals surface area (Å²) in [5, 5.41) is 13.7. The lowest BCUT2D eigenvalue weighted by molar-refractivity contribution is -0.384. The topological polar surface area (TPSA) is 74.1 Å². The van der Waals surface area contributed by atoms with Gasteiger partial charge in [-0.15, -0.1) is 0 Å². The molecule has 0 aliphatic carbocycles. The molecule has 6 nitrogen and oxygen atoms in total. The van der Waals surface area contributed by atoms with E-state index in [9.17, 15) is 10.1 Å². The first kappa shape index (κ1) is 21.1. The van der Waals surface area contributed by atoms with E-state index >= 15 is 0 Å². The zero-order chi connectivity index (χ0) is 24.9. The number of aromatic nitrogens is 2. The van der Waals surface area contributed by atoms with Gasteiger partial charge in [0.05, 0.1) is 21.5 Å². The molecule has 37 heavy (non-hydrogen) atoms. The van der Waals surface area contributed by atoms with Gasteiger partial charge in [0.1, 0.15) is 5.52 Å². The molecule has 7 rings (SSSR count). The monoisotopic (exact) mass is 481 g/mol. The average Bonchev–Trinajstić information content (AvgIpc) is 3.53. The summed E-state index contributed by atoms with van der Waals surface area (Å²) in [5.74, 6) is 0.570. The van der Waals surface area contributed by atoms with Crippen LogP contribution in [0.15, 0.2) is 120 Å². The molecular formula is C31H19N3O3. The van der Waals surface area contributed by atoms with Gasteiger partial charge in [-0.05, 0) is 54.1 Å². The molecule has 7 aromatic rings. The Bertz CT molecular complexity index is 1950. The summed E-state index contributed by atoms with van der Waals surface area (Å²) >= 11 is 0. The Morgan fingerprint density at radius 3 is 2.24 bits per heavy atom. The van der Waals surface area contributed by atoms with Gasteiger partial charge < -0.3 is 8.98 Å². The second-order valence-corrected chi connectivity index (χ2v) is 8.87. The Balaban J connectivity index is 1.57. The molecule has 0 radical (unpaired) electrons. The summed E-state index contributed by atoms with van der Waals surface area (Å²) in [5.41, 5.74) is 6.77. The molecule has 0 bridgehead atoms. The molecule has 0 aliphatic rings. The smallest absolute Gasteiger partial charge is 0.277 e. The van der Waals surface area contributed by atoms with Gasteiger partial charge in [-0.2, -0.15) is 0 Å². The van der Waals surface area contributed by atoms with Crippen molar-refractivity contribution in [1.29, 1.82) is 0 Å². The van der Waals surface area contributed by atoms with Gasteiger partial charge in [0, 0.05) is 28.1 Å². The number of hydrogen-bond acceptors (Lipinski definition) is 4. The number of oxazole rings is 1. The molecule has 5 aromatic carbocycles. The zero-order valence-corrected chi connectivity index (χ0v) is 19.5. The van der Waals surface area contributed by atoms with E-state index in [1.807, 2.05) is 78.9 Å². The van der Waals surface area contributed by atoms with E-state index in [0.29, 0.717) is 17.0 Å². The maximum Gasteiger partial charge on any atom is 0.277 e. The van der Waals surface area contributed by atoms with Crippen molar-refractivity contribution in [3.8, 4) is 28.3 Å². The van der Waals surface area contributed by atoms with Crippen LogP contribution in [0.5, 0.6) is 0 Å². The predicted molar refractivity (Wildman–Crippen MR) is 146 cm³/mol. The van der Waals surface area contributed by atoms with E-state index in [-0.39, 0.29) is 10.6 Å². The highest BCUT2D eigenvalue weighted by Gasteiger charge is 2.21. The Morgan fingerprint density at radius 1 is 0.730 bits per heavy atom. The van der Waals surface area contributed by atoms with Gasteiger partial charge in [0.25, 0.3) is 5.69 Å². The molecule has 6 heteroatoms. The molecular weight excluding hydrogens is 462 g/mol. The Kier molecular flexibility index (Phi) is 4.66. The number of benzene rings is 5. The van der Waals surface area contributed by atoms with E-state index in [2.05, 4.69) is 22.8 Å². The zero-order valence-electron chi connectivity index (χ0n) is 19.5. The van der Waals surface area contributed by atoms with E-state index in [0.717, 1.165) is 44.1 Å². The molecule has 2 aromatic heterocycles. The van der Waals surface area contributed by atoms with E-state index in [1.165, 1.54) is 6.07 Å². The van der Waals surface area contributed by atoms with Crippen molar-refractivity contribution in [2.45, 2.75) is 0 Å². The molecule has 0 unspecified atom stereocenters. The SMILES string of the molecule is O=[N+]([O-])c1ccccc1-c1ccc2c3c4nc(-c5ccccc5)oc4ccc3n(-c3ccccc3)c2c1. The van der Waals surface area contributed by atoms with Gasteiger partial charge in [0.15, 0.2) is 5.58 Å². The van der Waals surface area contributed by atoms with Crippen molar-refractivity contribution in [3.05, 3.63) is 125 Å². The second kappa shape index (κ2) is 8.17. The maximum atomic E-state index is 11.7. The van der Waals surface area contributed by atoms with E-state index in [1.54, 1.807) is 12.1 Å². The summed E-state index contributed by atoms with van der Waals surface area (Å²) < 4.78 is 8.35. The van der Waals surface area contributed by atoms with Crippen molar-refractivity contribution in [2.24, 2.45) is 0 Å². The molecule has 0 aliphatic heterocycles. The van der Waals surface area contributed by atoms with Crippen molar-refractivity contribution in [2.75, 3.05) is 0 Å². The van der Waals surface area contributed by atoms with Crippen LogP contribution >= 0.6 is 0 Å². The quantitative estimate of drug-likeness (QED) is 0.188. The molecule has 0 saturated carbocycles. The lowest BCUT2D eigenvalue weighted by Crippen LogP contribution is -1.94. The minimum absolute atomic E-state index is 0.0793. The number of fused-ring (bicyclic) bond motifs is 5. The molecule has 0 spiro atoms. The predicted octanol–water partition coefficient (Wildman–Crippen LogP) is 8.17. The Hall–Kier alpha value is -5.23. The molecule has 176 valence electrons. The van der Waals surface area contributed by atoms with Crippen LogP contribution in [0.3, 0.4) is 0 Å². The van der Waals surface area contributed by atoms with E-state index in [4.69, 9.17) is 9.40 Å². The molecule has 0 atom stereocenters. The first-order valence-electron chi connectivity index (χ1n) is 11.9. The lowest BCUT2D eigenvalue weighted by Gasteiger charge is -2.09. The molecule has 2 heterocycles. The molecule has 0 saturated heterocycles. The van der Waals surface area contributed by atoms with Gasteiger partial charge >= 0.3 is 0 Å². The second-order valence-electron chi connectivity index (χ2n) is 8.87. The Labute approximate surface area is 211 Å².